The highest BCUT2D eigenvalue weighted by Crippen LogP contribution is 2.28. The Kier molecular flexibility index (Phi) is 4.72. The molecule has 0 atom stereocenters. The monoisotopic (exact) mass is 305 g/mol. The maximum absolute atomic E-state index is 11.5. The van der Waals surface area contributed by atoms with Crippen LogP contribution >= 0.6 is 0 Å². The molecule has 7 nitrogen and oxygen atoms in total. The summed E-state index contributed by atoms with van der Waals surface area (Å²) in [6, 6.07) is 1.96. The van der Waals surface area contributed by atoms with Gasteiger partial charge >= 0.3 is 0 Å². The maximum Gasteiger partial charge on any atom is 0.223 e. The Morgan fingerprint density at radius 2 is 2.09 bits per heavy atom. The number of rotatable bonds is 6. The molecule has 3 rings (SSSR count). The van der Waals surface area contributed by atoms with E-state index in [2.05, 4.69) is 25.5 Å². The standard InChI is InChI=1S/C15H23N5O2/c1-11-18-13(16-4-5-17-15(21)12-2-3-12)10-14(19-11)20-6-8-22-9-7-20/h10,12H,2-9H2,1H3,(H,17,21)(H,16,18,19). The Morgan fingerprint density at radius 3 is 2.82 bits per heavy atom. The van der Waals surface area contributed by atoms with Gasteiger partial charge in [-0.15, -0.1) is 0 Å². The van der Waals surface area contributed by atoms with E-state index in [0.29, 0.717) is 13.1 Å². The quantitative estimate of drug-likeness (QED) is 0.748. The van der Waals surface area contributed by atoms with E-state index in [1.54, 1.807) is 0 Å². The average Bonchev–Trinajstić information content (AvgIpc) is 3.37. The van der Waals surface area contributed by atoms with Crippen molar-refractivity contribution in [1.29, 1.82) is 0 Å². The van der Waals surface area contributed by atoms with Crippen molar-refractivity contribution in [3.63, 3.8) is 0 Å². The summed E-state index contributed by atoms with van der Waals surface area (Å²) in [5.41, 5.74) is 0. The first-order chi connectivity index (χ1) is 10.7. The number of nitrogens with zero attached hydrogens (tertiary/aromatic N) is 3. The molecule has 1 saturated heterocycles. The fourth-order valence-corrected chi connectivity index (χ4v) is 2.46. The molecule has 1 saturated carbocycles. The van der Waals surface area contributed by atoms with E-state index in [4.69, 9.17) is 4.74 Å². The third-order valence-electron chi connectivity index (χ3n) is 3.84. The van der Waals surface area contributed by atoms with Crippen LogP contribution < -0.4 is 15.5 Å². The van der Waals surface area contributed by atoms with Crippen molar-refractivity contribution < 1.29 is 9.53 Å². The van der Waals surface area contributed by atoms with Gasteiger partial charge in [-0.25, -0.2) is 9.97 Å². The zero-order valence-corrected chi connectivity index (χ0v) is 13.0. The van der Waals surface area contributed by atoms with Gasteiger partial charge in [-0.1, -0.05) is 0 Å². The van der Waals surface area contributed by atoms with Gasteiger partial charge in [0.05, 0.1) is 13.2 Å². The molecule has 0 spiro atoms. The minimum atomic E-state index is 0.176. The number of hydrogen-bond acceptors (Lipinski definition) is 6. The highest BCUT2D eigenvalue weighted by atomic mass is 16.5. The van der Waals surface area contributed by atoms with Crippen molar-refractivity contribution in [2.24, 2.45) is 5.92 Å². The summed E-state index contributed by atoms with van der Waals surface area (Å²) in [4.78, 5) is 22.6. The first-order valence-corrected chi connectivity index (χ1v) is 7.92. The number of morpholine rings is 1. The Balaban J connectivity index is 1.51. The van der Waals surface area contributed by atoms with E-state index in [1.165, 1.54) is 0 Å². The van der Waals surface area contributed by atoms with Gasteiger partial charge in [-0.05, 0) is 19.8 Å². The Bertz CT molecular complexity index is 527. The summed E-state index contributed by atoms with van der Waals surface area (Å²) in [5.74, 6) is 2.91. The third kappa shape index (κ3) is 4.07. The third-order valence-corrected chi connectivity index (χ3v) is 3.84. The highest BCUT2D eigenvalue weighted by molar-refractivity contribution is 5.80. The molecule has 1 aliphatic heterocycles. The molecule has 1 amide bonds. The fourth-order valence-electron chi connectivity index (χ4n) is 2.46. The lowest BCUT2D eigenvalue weighted by Gasteiger charge is -2.28. The Labute approximate surface area is 130 Å². The molecule has 0 unspecified atom stereocenters. The number of aryl methyl sites for hydroxylation is 1. The number of ether oxygens (including phenoxy) is 1. The first kappa shape index (κ1) is 15.0. The van der Waals surface area contributed by atoms with Crippen LogP contribution in [0.4, 0.5) is 11.6 Å². The average molecular weight is 305 g/mol. The topological polar surface area (TPSA) is 79.4 Å². The Hall–Kier alpha value is -1.89. The van der Waals surface area contributed by atoms with Crippen molar-refractivity contribution in [2.45, 2.75) is 19.8 Å². The summed E-state index contributed by atoms with van der Waals surface area (Å²) in [7, 11) is 0. The number of anilines is 2. The molecule has 2 aliphatic rings. The van der Waals surface area contributed by atoms with E-state index < -0.39 is 0 Å². The zero-order valence-electron chi connectivity index (χ0n) is 13.0. The highest BCUT2D eigenvalue weighted by Gasteiger charge is 2.28. The van der Waals surface area contributed by atoms with E-state index in [1.807, 2.05) is 13.0 Å². The molecule has 0 aromatic carbocycles. The molecule has 1 aromatic rings. The predicted octanol–water partition coefficient (Wildman–Crippen LogP) is 0.560. The van der Waals surface area contributed by atoms with Gasteiger partial charge in [0.2, 0.25) is 5.91 Å². The van der Waals surface area contributed by atoms with Crippen LogP contribution in [-0.2, 0) is 9.53 Å². The molecule has 2 fully saturated rings. The van der Waals surface area contributed by atoms with Crippen LogP contribution in [-0.4, -0.2) is 55.3 Å². The molecule has 7 heteroatoms. The summed E-state index contributed by atoms with van der Waals surface area (Å²) in [6.07, 6.45) is 2.07. The largest absolute Gasteiger partial charge is 0.378 e. The minimum Gasteiger partial charge on any atom is -0.378 e. The van der Waals surface area contributed by atoms with Crippen LogP contribution in [0.2, 0.25) is 0 Å². The van der Waals surface area contributed by atoms with Gasteiger partial charge in [-0.2, -0.15) is 0 Å². The lowest BCUT2D eigenvalue weighted by atomic mass is 10.3. The van der Waals surface area contributed by atoms with Gasteiger partial charge in [0.1, 0.15) is 17.5 Å². The van der Waals surface area contributed by atoms with Gasteiger partial charge in [-0.3, -0.25) is 4.79 Å². The van der Waals surface area contributed by atoms with E-state index in [9.17, 15) is 4.79 Å². The lowest BCUT2D eigenvalue weighted by Crippen LogP contribution is -2.37. The number of carbonyl (C=O) groups is 1. The molecule has 0 radical (unpaired) electrons. The van der Waals surface area contributed by atoms with Gasteiger partial charge in [0.25, 0.3) is 0 Å². The molecule has 0 bridgehead atoms. The normalized spacial score (nSPS) is 18.1. The molecule has 2 heterocycles. The van der Waals surface area contributed by atoms with Crippen LogP contribution in [0.5, 0.6) is 0 Å². The van der Waals surface area contributed by atoms with Crippen LogP contribution in [0, 0.1) is 12.8 Å². The van der Waals surface area contributed by atoms with Crippen molar-refractivity contribution >= 4 is 17.5 Å². The van der Waals surface area contributed by atoms with E-state index >= 15 is 0 Å². The fraction of sp³-hybridized carbons (Fsp3) is 0.667. The van der Waals surface area contributed by atoms with Crippen molar-refractivity contribution in [1.82, 2.24) is 15.3 Å². The second-order valence-corrected chi connectivity index (χ2v) is 5.75. The summed E-state index contributed by atoms with van der Waals surface area (Å²) < 4.78 is 5.37. The first-order valence-electron chi connectivity index (χ1n) is 7.92. The van der Waals surface area contributed by atoms with Crippen molar-refractivity contribution in [2.75, 3.05) is 49.6 Å². The van der Waals surface area contributed by atoms with Crippen LogP contribution in [0.25, 0.3) is 0 Å². The minimum absolute atomic E-state index is 0.176. The smallest absolute Gasteiger partial charge is 0.223 e. The summed E-state index contributed by atoms with van der Waals surface area (Å²) in [6.45, 7) is 6.35. The predicted molar refractivity (Wildman–Crippen MR) is 84.0 cm³/mol. The van der Waals surface area contributed by atoms with Crippen molar-refractivity contribution in [3.05, 3.63) is 11.9 Å². The Morgan fingerprint density at radius 1 is 1.32 bits per heavy atom. The van der Waals surface area contributed by atoms with Gasteiger partial charge in [0.15, 0.2) is 0 Å². The number of amides is 1. The van der Waals surface area contributed by atoms with Gasteiger partial charge < -0.3 is 20.3 Å². The molecular formula is C15H23N5O2. The van der Waals surface area contributed by atoms with Crippen LogP contribution in [0.3, 0.4) is 0 Å². The summed E-state index contributed by atoms with van der Waals surface area (Å²) >= 11 is 0. The maximum atomic E-state index is 11.5. The van der Waals surface area contributed by atoms with Crippen molar-refractivity contribution in [3.8, 4) is 0 Å². The summed E-state index contributed by atoms with van der Waals surface area (Å²) in [5, 5.41) is 6.19. The second-order valence-electron chi connectivity index (χ2n) is 5.75. The van der Waals surface area contributed by atoms with E-state index in [-0.39, 0.29) is 11.8 Å². The van der Waals surface area contributed by atoms with E-state index in [0.717, 1.165) is 56.6 Å². The SMILES string of the molecule is Cc1nc(NCCNC(=O)C2CC2)cc(N2CCOCC2)n1. The lowest BCUT2D eigenvalue weighted by molar-refractivity contribution is -0.122. The molecule has 22 heavy (non-hydrogen) atoms. The number of nitrogens with one attached hydrogen (secondary N) is 2. The molecule has 2 N–H and O–H groups in total. The molecule has 120 valence electrons. The number of carbonyl (C=O) groups excluding carboxylic acids is 1. The molecule has 1 aliphatic carbocycles. The van der Waals surface area contributed by atoms with Crippen LogP contribution in [0.1, 0.15) is 18.7 Å². The zero-order chi connectivity index (χ0) is 15.4. The molecule has 1 aromatic heterocycles. The number of hydrogen-bond donors (Lipinski definition) is 2. The van der Waals surface area contributed by atoms with Gasteiger partial charge in [0, 0.05) is 38.2 Å². The number of aromatic nitrogens is 2. The van der Waals surface area contributed by atoms with Crippen LogP contribution in [0.15, 0.2) is 6.07 Å². The molecular weight excluding hydrogens is 282 g/mol. The second kappa shape index (κ2) is 6.91.